The van der Waals surface area contributed by atoms with Gasteiger partial charge in [-0.3, -0.25) is 0 Å². The molecular formula is C17H26BrN. The second kappa shape index (κ2) is 7.44. The number of nitrogens with one attached hydrogen (secondary N) is 1. The monoisotopic (exact) mass is 323 g/mol. The van der Waals surface area contributed by atoms with E-state index in [0.29, 0.717) is 6.04 Å². The second-order valence-electron chi connectivity index (χ2n) is 5.92. The molecule has 1 saturated carbocycles. The van der Waals surface area contributed by atoms with Crippen LogP contribution in [-0.2, 0) is 6.42 Å². The average Bonchev–Trinajstić information content (AvgIpc) is 2.42. The van der Waals surface area contributed by atoms with Crippen molar-refractivity contribution in [2.45, 2.75) is 51.5 Å². The number of halogens is 1. The summed E-state index contributed by atoms with van der Waals surface area (Å²) in [5, 5.41) is 3.54. The van der Waals surface area contributed by atoms with Crippen LogP contribution in [0.5, 0.6) is 0 Å². The van der Waals surface area contributed by atoms with E-state index in [1.165, 1.54) is 48.6 Å². The molecular weight excluding hydrogens is 298 g/mol. The molecule has 1 N–H and O–H groups in total. The van der Waals surface area contributed by atoms with E-state index >= 15 is 0 Å². The van der Waals surface area contributed by atoms with E-state index in [0.717, 1.165) is 11.8 Å². The van der Waals surface area contributed by atoms with Gasteiger partial charge in [-0.15, -0.1) is 0 Å². The highest BCUT2D eigenvalue weighted by molar-refractivity contribution is 9.10. The minimum atomic E-state index is 0.695. The first-order valence-corrected chi connectivity index (χ1v) is 8.44. The SMILES string of the molecule is CCCC1CCC(NC)C(Cc2ccccc2Br)C1. The van der Waals surface area contributed by atoms with Crippen molar-refractivity contribution < 1.29 is 0 Å². The number of hydrogen-bond acceptors (Lipinski definition) is 1. The van der Waals surface area contributed by atoms with Crippen LogP contribution < -0.4 is 5.32 Å². The molecule has 1 aromatic carbocycles. The predicted molar refractivity (Wildman–Crippen MR) is 86.4 cm³/mol. The van der Waals surface area contributed by atoms with Crippen molar-refractivity contribution in [3.05, 3.63) is 34.3 Å². The fourth-order valence-corrected chi connectivity index (χ4v) is 4.03. The van der Waals surface area contributed by atoms with E-state index in [1.54, 1.807) is 0 Å². The summed E-state index contributed by atoms with van der Waals surface area (Å²) < 4.78 is 1.27. The molecule has 2 rings (SSSR count). The summed E-state index contributed by atoms with van der Waals surface area (Å²) in [6.07, 6.45) is 8.08. The van der Waals surface area contributed by atoms with Gasteiger partial charge in [0.15, 0.2) is 0 Å². The lowest BCUT2D eigenvalue weighted by atomic mass is 9.74. The summed E-state index contributed by atoms with van der Waals surface area (Å²) in [5.74, 6) is 1.73. The van der Waals surface area contributed by atoms with Gasteiger partial charge < -0.3 is 5.32 Å². The van der Waals surface area contributed by atoms with Gasteiger partial charge >= 0.3 is 0 Å². The van der Waals surface area contributed by atoms with Crippen molar-refractivity contribution in [2.24, 2.45) is 11.8 Å². The molecule has 0 bridgehead atoms. The normalized spacial score (nSPS) is 27.4. The van der Waals surface area contributed by atoms with Crippen molar-refractivity contribution in [3.63, 3.8) is 0 Å². The van der Waals surface area contributed by atoms with Crippen molar-refractivity contribution in [1.29, 1.82) is 0 Å². The molecule has 19 heavy (non-hydrogen) atoms. The minimum Gasteiger partial charge on any atom is -0.317 e. The topological polar surface area (TPSA) is 12.0 Å². The third-order valence-corrected chi connectivity index (χ3v) is 5.37. The lowest BCUT2D eigenvalue weighted by Gasteiger charge is -2.36. The number of rotatable bonds is 5. The van der Waals surface area contributed by atoms with Gasteiger partial charge in [0.05, 0.1) is 0 Å². The van der Waals surface area contributed by atoms with E-state index in [9.17, 15) is 0 Å². The molecule has 1 aromatic rings. The van der Waals surface area contributed by atoms with Crippen LogP contribution in [0.15, 0.2) is 28.7 Å². The Labute approximate surface area is 126 Å². The Morgan fingerprint density at radius 2 is 2.05 bits per heavy atom. The fourth-order valence-electron chi connectivity index (χ4n) is 3.58. The smallest absolute Gasteiger partial charge is 0.0207 e. The van der Waals surface area contributed by atoms with Crippen LogP contribution in [-0.4, -0.2) is 13.1 Å². The van der Waals surface area contributed by atoms with E-state index in [-0.39, 0.29) is 0 Å². The average molecular weight is 324 g/mol. The van der Waals surface area contributed by atoms with Gasteiger partial charge in [0.2, 0.25) is 0 Å². The highest BCUT2D eigenvalue weighted by Crippen LogP contribution is 2.35. The maximum Gasteiger partial charge on any atom is 0.0207 e. The maximum absolute atomic E-state index is 3.69. The molecule has 1 fully saturated rings. The van der Waals surface area contributed by atoms with E-state index < -0.39 is 0 Å². The summed E-state index contributed by atoms with van der Waals surface area (Å²) in [6.45, 7) is 2.31. The van der Waals surface area contributed by atoms with Crippen LogP contribution >= 0.6 is 15.9 Å². The van der Waals surface area contributed by atoms with Gasteiger partial charge in [-0.1, -0.05) is 53.9 Å². The van der Waals surface area contributed by atoms with E-state index in [2.05, 4.69) is 59.5 Å². The molecule has 0 radical (unpaired) electrons. The highest BCUT2D eigenvalue weighted by Gasteiger charge is 2.29. The summed E-state index contributed by atoms with van der Waals surface area (Å²) in [7, 11) is 2.12. The molecule has 0 aromatic heterocycles. The predicted octanol–water partition coefficient (Wildman–Crippen LogP) is 4.80. The molecule has 1 aliphatic rings. The second-order valence-corrected chi connectivity index (χ2v) is 6.77. The first-order chi connectivity index (χ1) is 9.24. The van der Waals surface area contributed by atoms with Crippen LogP contribution in [0.25, 0.3) is 0 Å². The van der Waals surface area contributed by atoms with E-state index in [1.807, 2.05) is 0 Å². The van der Waals surface area contributed by atoms with Crippen LogP contribution in [0.4, 0.5) is 0 Å². The Morgan fingerprint density at radius 3 is 2.74 bits per heavy atom. The van der Waals surface area contributed by atoms with E-state index in [4.69, 9.17) is 0 Å². The summed E-state index contributed by atoms with van der Waals surface area (Å²) >= 11 is 3.69. The highest BCUT2D eigenvalue weighted by atomic mass is 79.9. The Balaban J connectivity index is 2.04. The maximum atomic E-state index is 3.69. The lowest BCUT2D eigenvalue weighted by molar-refractivity contribution is 0.200. The van der Waals surface area contributed by atoms with Crippen molar-refractivity contribution in [3.8, 4) is 0 Å². The van der Waals surface area contributed by atoms with Gasteiger partial charge in [0.25, 0.3) is 0 Å². The molecule has 0 aliphatic heterocycles. The Morgan fingerprint density at radius 1 is 1.26 bits per heavy atom. The third kappa shape index (κ3) is 4.06. The zero-order valence-corrected chi connectivity index (χ0v) is 13.7. The molecule has 0 amide bonds. The molecule has 1 nitrogen and oxygen atoms in total. The molecule has 3 unspecified atom stereocenters. The van der Waals surface area contributed by atoms with Crippen molar-refractivity contribution in [2.75, 3.05) is 7.05 Å². The Kier molecular flexibility index (Phi) is 5.90. The van der Waals surface area contributed by atoms with Gasteiger partial charge in [-0.2, -0.15) is 0 Å². The quantitative estimate of drug-likeness (QED) is 0.821. The standard InChI is InChI=1S/C17H26BrN/c1-3-6-13-9-10-17(19-2)15(11-13)12-14-7-4-5-8-16(14)18/h4-5,7-8,13,15,17,19H,3,6,9-12H2,1-2H3. The molecule has 2 heteroatoms. The molecule has 1 aliphatic carbocycles. The molecule has 0 heterocycles. The first kappa shape index (κ1) is 15.1. The zero-order valence-electron chi connectivity index (χ0n) is 12.2. The summed E-state index contributed by atoms with van der Waals surface area (Å²) in [4.78, 5) is 0. The van der Waals surface area contributed by atoms with Gasteiger partial charge in [-0.05, 0) is 56.2 Å². The zero-order chi connectivity index (χ0) is 13.7. The third-order valence-electron chi connectivity index (χ3n) is 4.60. The lowest BCUT2D eigenvalue weighted by Crippen LogP contribution is -2.39. The molecule has 0 spiro atoms. The first-order valence-electron chi connectivity index (χ1n) is 7.65. The number of hydrogen-bond donors (Lipinski definition) is 1. The number of benzene rings is 1. The largest absolute Gasteiger partial charge is 0.317 e. The van der Waals surface area contributed by atoms with Crippen molar-refractivity contribution >= 4 is 15.9 Å². The molecule has 106 valence electrons. The fraction of sp³-hybridized carbons (Fsp3) is 0.647. The Bertz CT molecular complexity index is 391. The van der Waals surface area contributed by atoms with Gasteiger partial charge in [-0.25, -0.2) is 0 Å². The van der Waals surface area contributed by atoms with Crippen LogP contribution in [0.3, 0.4) is 0 Å². The van der Waals surface area contributed by atoms with Crippen LogP contribution in [0.1, 0.15) is 44.6 Å². The summed E-state index contributed by atoms with van der Waals surface area (Å²) in [5.41, 5.74) is 1.46. The van der Waals surface area contributed by atoms with Gasteiger partial charge in [0, 0.05) is 10.5 Å². The summed E-state index contributed by atoms with van der Waals surface area (Å²) in [6, 6.07) is 9.38. The Hall–Kier alpha value is -0.340. The molecule has 0 saturated heterocycles. The van der Waals surface area contributed by atoms with Crippen LogP contribution in [0.2, 0.25) is 0 Å². The van der Waals surface area contributed by atoms with Crippen molar-refractivity contribution in [1.82, 2.24) is 5.32 Å². The molecule has 3 atom stereocenters. The minimum absolute atomic E-state index is 0.695. The van der Waals surface area contributed by atoms with Crippen LogP contribution in [0, 0.1) is 11.8 Å². The van der Waals surface area contributed by atoms with Gasteiger partial charge in [0.1, 0.15) is 0 Å².